The molecule has 0 aliphatic carbocycles. The summed E-state index contributed by atoms with van der Waals surface area (Å²) in [7, 11) is 1.65. The molecule has 0 spiro atoms. The van der Waals surface area contributed by atoms with E-state index in [1.54, 1.807) is 55.6 Å². The van der Waals surface area contributed by atoms with E-state index in [1.807, 2.05) is 12.1 Å². The normalized spacial score (nSPS) is 15.4. The molecule has 2 aliphatic heterocycles. The highest BCUT2D eigenvalue weighted by molar-refractivity contribution is 8.01. The zero-order valence-corrected chi connectivity index (χ0v) is 38.8. The van der Waals surface area contributed by atoms with E-state index in [-0.39, 0.29) is 17.2 Å². The molecule has 7 rings (SSSR count). The lowest BCUT2D eigenvalue weighted by atomic mass is 10.0. The predicted octanol–water partition coefficient (Wildman–Crippen LogP) is 3.49. The molecular weight excluding hydrogens is 966 g/mol. The number of aryl methyl sites for hydroxylation is 1. The van der Waals surface area contributed by atoms with Crippen molar-refractivity contribution >= 4 is 94.4 Å². The lowest BCUT2D eigenvalue weighted by molar-refractivity contribution is -0.154. The Morgan fingerprint density at radius 3 is 2.10 bits per heavy atom. The number of thioether (sulfide) groups is 2. The van der Waals surface area contributed by atoms with E-state index in [0.717, 1.165) is 39.2 Å². The lowest BCUT2D eigenvalue weighted by Gasteiger charge is -2.49. The number of nitrogens with zero attached hydrogens (tertiary/aromatic N) is 7. The van der Waals surface area contributed by atoms with Crippen molar-refractivity contribution in [3.63, 3.8) is 0 Å². The minimum absolute atomic E-state index is 0.0475. The maximum absolute atomic E-state index is 14.5. The molecule has 2 aromatic heterocycles. The Kier molecular flexibility index (Phi) is 15.5. The molecule has 356 valence electrons. The van der Waals surface area contributed by atoms with Crippen molar-refractivity contribution in [1.82, 2.24) is 35.4 Å². The number of benzene rings is 3. The fraction of sp³-hybridized carbons (Fsp3) is 0.233. The van der Waals surface area contributed by atoms with Gasteiger partial charge < -0.3 is 33.5 Å². The van der Waals surface area contributed by atoms with E-state index in [1.165, 1.54) is 33.1 Å². The maximum Gasteiger partial charge on any atom is 0.366 e. The smallest absolute Gasteiger partial charge is 0.366 e. The molecule has 0 radical (unpaired) electrons. The summed E-state index contributed by atoms with van der Waals surface area (Å²) in [5.74, 6) is -9.19. The lowest BCUT2D eigenvalue weighted by Crippen LogP contribution is -2.71. The van der Waals surface area contributed by atoms with Crippen molar-refractivity contribution in [2.45, 2.75) is 43.4 Å². The number of halogens is 1. The van der Waals surface area contributed by atoms with Crippen LogP contribution in [-0.4, -0.2) is 112 Å². The first kappa shape index (κ1) is 49.0. The topological polar surface area (TPSA) is 292 Å². The third kappa shape index (κ3) is 11.6. The number of hydrogen-bond acceptors (Lipinski definition) is 21. The van der Waals surface area contributed by atoms with E-state index in [9.17, 15) is 38.4 Å². The van der Waals surface area contributed by atoms with Crippen LogP contribution >= 0.6 is 35.1 Å². The second kappa shape index (κ2) is 21.8. The van der Waals surface area contributed by atoms with Crippen LogP contribution < -0.4 is 24.8 Å². The number of oxime groups is 1. The number of tetrazole rings is 1. The monoisotopic (exact) mass is 1000 g/mol. The van der Waals surface area contributed by atoms with Crippen molar-refractivity contribution in [2.24, 2.45) is 12.2 Å². The van der Waals surface area contributed by atoms with Crippen molar-refractivity contribution in [1.29, 1.82) is 0 Å². The number of aromatic nitrogens is 5. The van der Waals surface area contributed by atoms with Crippen LogP contribution in [-0.2, 0) is 50.2 Å². The minimum Gasteiger partial charge on any atom is -0.448 e. The maximum atomic E-state index is 14.5. The van der Waals surface area contributed by atoms with Crippen LogP contribution in [0.1, 0.15) is 54.1 Å². The molecule has 1 saturated heterocycles. The average molecular weight is 1000 g/mol. The second-order valence-corrected chi connectivity index (χ2v) is 16.7. The summed E-state index contributed by atoms with van der Waals surface area (Å²) in [5.41, 5.74) is 0.142. The summed E-state index contributed by atoms with van der Waals surface area (Å²) < 4.78 is 28.3. The van der Waals surface area contributed by atoms with E-state index in [4.69, 9.17) is 39.8 Å². The Balaban J connectivity index is 1.19. The van der Waals surface area contributed by atoms with Crippen LogP contribution in [0.2, 0.25) is 0 Å². The van der Waals surface area contributed by atoms with Crippen LogP contribution in [0.15, 0.2) is 105 Å². The number of oxazole rings is 1. The van der Waals surface area contributed by atoms with Gasteiger partial charge in [0, 0.05) is 39.3 Å². The van der Waals surface area contributed by atoms with Gasteiger partial charge in [0.1, 0.15) is 34.9 Å². The standard InChI is InChI=1S/C43H36ClN9O14S2/c1-21(54)63-29-15-26(16-30(64-22(2)55)36(29)65-23(3)56)40(60)67-49-32(28-18-62-42(45-28)46-31(57)17-44)37(58)47-33-38(59)53-34(27(19-68-39(33)53)20-69-43-48-50-51-52(43)4)41(61)66-35(24-11-7-5-8-12-24)25-13-9-6-10-14-25/h5-16,18,33,35,39H,17,19-20H2,1-4H3,(H,47,58)(H,45,46,57)/b49-32-/t33-,39+/m1/s1. The number of carbonyl (C=O) groups is 8. The highest BCUT2D eigenvalue weighted by atomic mass is 35.5. The first-order valence-corrected chi connectivity index (χ1v) is 22.7. The average Bonchev–Trinajstić information content (AvgIpc) is 3.97. The Morgan fingerprint density at radius 1 is 0.913 bits per heavy atom. The third-order valence-corrected chi connectivity index (χ3v) is 12.2. The Labute approximate surface area is 403 Å². The van der Waals surface area contributed by atoms with Crippen LogP contribution in [0.5, 0.6) is 17.2 Å². The summed E-state index contributed by atoms with van der Waals surface area (Å²) in [6.45, 7) is 3.04. The number of ether oxygens (including phenoxy) is 4. The fourth-order valence-corrected chi connectivity index (χ4v) is 8.97. The molecule has 23 nitrogen and oxygen atoms in total. The molecule has 26 heteroatoms. The predicted molar refractivity (Wildman–Crippen MR) is 241 cm³/mol. The van der Waals surface area contributed by atoms with Gasteiger partial charge in [-0.1, -0.05) is 77.6 Å². The van der Waals surface area contributed by atoms with Gasteiger partial charge in [-0.05, 0) is 39.3 Å². The van der Waals surface area contributed by atoms with Gasteiger partial charge in [0.15, 0.2) is 23.3 Å². The Morgan fingerprint density at radius 2 is 1.54 bits per heavy atom. The zero-order chi connectivity index (χ0) is 49.4. The molecule has 0 saturated carbocycles. The van der Waals surface area contributed by atoms with Gasteiger partial charge in [-0.25, -0.2) is 14.3 Å². The molecule has 2 N–H and O–H groups in total. The van der Waals surface area contributed by atoms with Gasteiger partial charge in [-0.3, -0.25) is 39.0 Å². The van der Waals surface area contributed by atoms with E-state index in [2.05, 4.69) is 36.3 Å². The molecule has 1 fully saturated rings. The molecule has 3 aromatic carbocycles. The van der Waals surface area contributed by atoms with Crippen LogP contribution in [0, 0.1) is 0 Å². The number of β-lactam (4-membered cyclic amide) rings is 1. The first-order chi connectivity index (χ1) is 33.1. The van der Waals surface area contributed by atoms with Gasteiger partial charge in [0.05, 0.1) is 5.56 Å². The minimum atomic E-state index is -1.34. The van der Waals surface area contributed by atoms with Crippen molar-refractivity contribution in [3.8, 4) is 17.2 Å². The fourth-order valence-electron chi connectivity index (χ4n) is 6.57. The van der Waals surface area contributed by atoms with Gasteiger partial charge in [-0.2, -0.15) is 4.98 Å². The van der Waals surface area contributed by atoms with E-state index >= 15 is 0 Å². The SMILES string of the molecule is CC(=O)Oc1cc(C(=O)O/N=C(\C(=O)N[C@@H]2C(=O)N3C(C(=O)OC(c4ccccc4)c4ccccc4)=C(CSc4nnnn4C)CS[C@@H]23)c2coc(NC(=O)CCl)n2)cc(OC(C)=O)c1OC(C)=O. The highest BCUT2D eigenvalue weighted by Crippen LogP contribution is 2.43. The summed E-state index contributed by atoms with van der Waals surface area (Å²) >= 11 is 8.06. The number of rotatable bonds is 17. The molecule has 2 atom stereocenters. The van der Waals surface area contributed by atoms with Gasteiger partial charge >= 0.3 is 35.9 Å². The largest absolute Gasteiger partial charge is 0.448 e. The molecule has 5 aromatic rings. The van der Waals surface area contributed by atoms with Crippen LogP contribution in [0.3, 0.4) is 0 Å². The summed E-state index contributed by atoms with van der Waals surface area (Å²) in [6, 6.07) is 18.2. The number of fused-ring (bicyclic) bond motifs is 1. The molecule has 4 heterocycles. The van der Waals surface area contributed by atoms with Gasteiger partial charge in [0.25, 0.3) is 11.8 Å². The highest BCUT2D eigenvalue weighted by Gasteiger charge is 2.55. The van der Waals surface area contributed by atoms with Crippen LogP contribution in [0.25, 0.3) is 0 Å². The number of anilines is 1. The van der Waals surface area contributed by atoms with Crippen molar-refractivity contribution in [2.75, 3.05) is 22.7 Å². The van der Waals surface area contributed by atoms with Gasteiger partial charge in [0.2, 0.25) is 16.8 Å². The quantitative estimate of drug-likeness (QED) is 0.0197. The number of nitrogens with one attached hydrogen (secondary N) is 2. The second-order valence-electron chi connectivity index (χ2n) is 14.4. The molecule has 69 heavy (non-hydrogen) atoms. The summed E-state index contributed by atoms with van der Waals surface area (Å²) in [6.07, 6.45) is 0.00958. The van der Waals surface area contributed by atoms with Crippen LogP contribution in [0.4, 0.5) is 6.01 Å². The Bertz CT molecular complexity index is 2830. The number of hydrogen-bond donors (Lipinski definition) is 2. The summed E-state index contributed by atoms with van der Waals surface area (Å²) in [5, 5.41) is 19.6. The summed E-state index contributed by atoms with van der Waals surface area (Å²) in [4.78, 5) is 115. The zero-order valence-electron chi connectivity index (χ0n) is 36.4. The van der Waals surface area contributed by atoms with E-state index < -0.39 is 111 Å². The number of esters is 4. The Hall–Kier alpha value is -7.90. The van der Waals surface area contributed by atoms with E-state index in [0.29, 0.717) is 21.9 Å². The number of carbonyl (C=O) groups excluding carboxylic acids is 8. The number of amides is 3. The third-order valence-electron chi connectivity index (χ3n) is 9.47. The van der Waals surface area contributed by atoms with Crippen molar-refractivity contribution in [3.05, 3.63) is 113 Å². The first-order valence-electron chi connectivity index (χ1n) is 20.1. The van der Waals surface area contributed by atoms with Gasteiger partial charge in [-0.15, -0.1) is 28.5 Å². The molecule has 3 amide bonds. The molecule has 2 aliphatic rings. The van der Waals surface area contributed by atoms with Crippen molar-refractivity contribution < 1.29 is 66.6 Å². The molecule has 0 unspecified atom stereocenters. The number of alkyl halides is 1. The molecular formula is C43H36ClN9O14S2. The molecule has 0 bridgehead atoms.